The van der Waals surface area contributed by atoms with Crippen molar-refractivity contribution in [1.82, 2.24) is 4.98 Å². The number of nitrogens with one attached hydrogen (secondary N) is 2. The summed E-state index contributed by atoms with van der Waals surface area (Å²) in [6.07, 6.45) is 4.26. The molecule has 118 valence electrons. The zero-order valence-corrected chi connectivity index (χ0v) is 12.9. The summed E-state index contributed by atoms with van der Waals surface area (Å²) in [5.41, 5.74) is 2.03. The van der Waals surface area contributed by atoms with Crippen LogP contribution in [0.25, 0.3) is 0 Å². The zero-order chi connectivity index (χ0) is 16.4. The number of benzene rings is 1. The summed E-state index contributed by atoms with van der Waals surface area (Å²) in [6.45, 7) is 1.86. The molecule has 1 aromatic carbocycles. The van der Waals surface area contributed by atoms with Gasteiger partial charge in [-0.3, -0.25) is 14.4 Å². The third-order valence-electron chi connectivity index (χ3n) is 4.02. The third-order valence-corrected chi connectivity index (χ3v) is 4.02. The minimum absolute atomic E-state index is 0.110. The van der Waals surface area contributed by atoms with Gasteiger partial charge in [0.25, 0.3) is 5.91 Å². The Morgan fingerprint density at radius 3 is 2.65 bits per heavy atom. The number of aromatic nitrogens is 1. The van der Waals surface area contributed by atoms with E-state index >= 15 is 0 Å². The number of carbonyl (C=O) groups is 2. The van der Waals surface area contributed by atoms with E-state index in [1.807, 2.05) is 13.0 Å². The molecule has 0 spiro atoms. The topological polar surface area (TPSA) is 79.0 Å². The Morgan fingerprint density at radius 2 is 1.96 bits per heavy atom. The van der Waals surface area contributed by atoms with Crippen LogP contribution in [0.2, 0.25) is 0 Å². The molecule has 0 aliphatic heterocycles. The lowest BCUT2D eigenvalue weighted by molar-refractivity contribution is 0.0974. The van der Waals surface area contributed by atoms with Crippen LogP contribution in [0.5, 0.6) is 0 Å². The second-order valence-electron chi connectivity index (χ2n) is 6.00. The summed E-state index contributed by atoms with van der Waals surface area (Å²) in [5.74, 6) is 0.267. The Balaban J connectivity index is 1.79. The van der Waals surface area contributed by atoms with Gasteiger partial charge in [0, 0.05) is 35.5 Å². The highest BCUT2D eigenvalue weighted by Gasteiger charge is 2.25. The number of hydrogen-bond acceptors (Lipinski definition) is 3. The number of rotatable bonds is 5. The number of ketones is 1. The van der Waals surface area contributed by atoms with Crippen molar-refractivity contribution in [3.8, 4) is 0 Å². The molecule has 0 saturated heterocycles. The van der Waals surface area contributed by atoms with Crippen molar-refractivity contribution in [2.24, 2.45) is 5.92 Å². The Hall–Kier alpha value is -2.69. The standard InChI is InChI=1S/C18H18N2O3/c1-11-2-5-13(16(21)8-12-3-4-12)9-15(11)20-18(23)14-6-7-19-17(22)10-14/h2,5-7,9-10,12H,3-4,8H2,1H3,(H,19,22)(H,20,23). The van der Waals surface area contributed by atoms with Gasteiger partial charge >= 0.3 is 0 Å². The number of pyridine rings is 1. The zero-order valence-electron chi connectivity index (χ0n) is 12.9. The van der Waals surface area contributed by atoms with Gasteiger partial charge in [0.05, 0.1) is 0 Å². The Morgan fingerprint density at radius 1 is 1.17 bits per heavy atom. The molecule has 0 atom stereocenters. The number of anilines is 1. The number of H-pyrrole nitrogens is 1. The highest BCUT2D eigenvalue weighted by atomic mass is 16.2. The first kappa shape index (κ1) is 15.2. The third kappa shape index (κ3) is 3.74. The van der Waals surface area contributed by atoms with Gasteiger partial charge in [-0.25, -0.2) is 0 Å². The fourth-order valence-corrected chi connectivity index (χ4v) is 2.41. The number of Topliss-reactive ketones (excluding diaryl/α,β-unsaturated/α-hetero) is 1. The van der Waals surface area contributed by atoms with Crippen LogP contribution in [-0.4, -0.2) is 16.7 Å². The maximum Gasteiger partial charge on any atom is 0.255 e. The minimum atomic E-state index is -0.369. The quantitative estimate of drug-likeness (QED) is 0.833. The Kier molecular flexibility index (Phi) is 4.10. The smallest absolute Gasteiger partial charge is 0.255 e. The van der Waals surface area contributed by atoms with Crippen LogP contribution < -0.4 is 10.9 Å². The Bertz CT molecular complexity index is 819. The van der Waals surface area contributed by atoms with E-state index in [0.29, 0.717) is 23.6 Å². The van der Waals surface area contributed by atoms with Crippen LogP contribution in [0.3, 0.4) is 0 Å². The van der Waals surface area contributed by atoms with Gasteiger partial charge in [-0.05, 0) is 43.4 Å². The van der Waals surface area contributed by atoms with Gasteiger partial charge in [-0.2, -0.15) is 0 Å². The number of aromatic amines is 1. The molecule has 2 aromatic rings. The molecule has 1 aromatic heterocycles. The molecule has 2 N–H and O–H groups in total. The predicted octanol–water partition coefficient (Wildman–Crippen LogP) is 2.92. The molecular weight excluding hydrogens is 292 g/mol. The monoisotopic (exact) mass is 310 g/mol. The molecule has 1 fully saturated rings. The maximum atomic E-state index is 12.2. The number of hydrogen-bond donors (Lipinski definition) is 2. The van der Waals surface area contributed by atoms with E-state index in [4.69, 9.17) is 0 Å². The highest BCUT2D eigenvalue weighted by Crippen LogP contribution is 2.33. The van der Waals surface area contributed by atoms with Crippen molar-refractivity contribution in [3.63, 3.8) is 0 Å². The van der Waals surface area contributed by atoms with Crippen LogP contribution in [0, 0.1) is 12.8 Å². The molecule has 0 radical (unpaired) electrons. The SMILES string of the molecule is Cc1ccc(C(=O)CC2CC2)cc1NC(=O)c1cc[nH]c(=O)c1. The van der Waals surface area contributed by atoms with Crippen LogP contribution >= 0.6 is 0 Å². The van der Waals surface area contributed by atoms with Crippen LogP contribution in [0.15, 0.2) is 41.3 Å². The van der Waals surface area contributed by atoms with Gasteiger partial charge < -0.3 is 10.3 Å². The second kappa shape index (κ2) is 6.20. The highest BCUT2D eigenvalue weighted by molar-refractivity contribution is 6.05. The summed E-state index contributed by atoms with van der Waals surface area (Å²) in [7, 11) is 0. The van der Waals surface area contributed by atoms with Gasteiger partial charge in [0.1, 0.15) is 0 Å². The van der Waals surface area contributed by atoms with Gasteiger partial charge in [0.2, 0.25) is 5.56 Å². The molecular formula is C18H18N2O3. The van der Waals surface area contributed by atoms with Crippen LogP contribution in [0.1, 0.15) is 45.5 Å². The maximum absolute atomic E-state index is 12.2. The molecule has 3 rings (SSSR count). The molecule has 0 bridgehead atoms. The largest absolute Gasteiger partial charge is 0.329 e. The molecule has 23 heavy (non-hydrogen) atoms. The van der Waals surface area contributed by atoms with E-state index in [9.17, 15) is 14.4 Å². The molecule has 1 amide bonds. The lowest BCUT2D eigenvalue weighted by atomic mass is 10.0. The number of carbonyl (C=O) groups excluding carboxylic acids is 2. The van der Waals surface area contributed by atoms with E-state index < -0.39 is 0 Å². The summed E-state index contributed by atoms with van der Waals surface area (Å²) >= 11 is 0. The van der Waals surface area contributed by atoms with Crippen molar-refractivity contribution >= 4 is 17.4 Å². The second-order valence-corrected chi connectivity index (χ2v) is 6.00. The van der Waals surface area contributed by atoms with Crippen molar-refractivity contribution in [3.05, 3.63) is 63.6 Å². The Labute approximate surface area is 133 Å². The van der Waals surface area contributed by atoms with Crippen molar-refractivity contribution in [2.45, 2.75) is 26.2 Å². The fourth-order valence-electron chi connectivity index (χ4n) is 2.41. The summed E-state index contributed by atoms with van der Waals surface area (Å²) in [6, 6.07) is 8.11. The first-order chi connectivity index (χ1) is 11.0. The lowest BCUT2D eigenvalue weighted by Crippen LogP contribution is -2.16. The predicted molar refractivity (Wildman–Crippen MR) is 87.9 cm³/mol. The summed E-state index contributed by atoms with van der Waals surface area (Å²) in [5, 5.41) is 2.77. The molecule has 0 unspecified atom stereocenters. The summed E-state index contributed by atoms with van der Waals surface area (Å²) in [4.78, 5) is 38.2. The molecule has 5 heteroatoms. The normalized spacial score (nSPS) is 13.6. The number of aryl methyl sites for hydroxylation is 1. The molecule has 1 aliphatic rings. The van der Waals surface area contributed by atoms with Crippen LogP contribution in [0.4, 0.5) is 5.69 Å². The minimum Gasteiger partial charge on any atom is -0.329 e. The molecule has 1 aliphatic carbocycles. The van der Waals surface area contributed by atoms with Crippen molar-refractivity contribution in [2.75, 3.05) is 5.32 Å². The summed E-state index contributed by atoms with van der Waals surface area (Å²) < 4.78 is 0. The van der Waals surface area contributed by atoms with Crippen molar-refractivity contribution in [1.29, 1.82) is 0 Å². The van der Waals surface area contributed by atoms with Gasteiger partial charge in [-0.15, -0.1) is 0 Å². The van der Waals surface area contributed by atoms with Gasteiger partial charge in [-0.1, -0.05) is 12.1 Å². The molecule has 1 heterocycles. The van der Waals surface area contributed by atoms with Gasteiger partial charge in [0.15, 0.2) is 5.78 Å². The fraction of sp³-hybridized carbons (Fsp3) is 0.278. The average molecular weight is 310 g/mol. The van der Waals surface area contributed by atoms with Crippen molar-refractivity contribution < 1.29 is 9.59 Å². The van der Waals surface area contributed by atoms with E-state index in [2.05, 4.69) is 10.3 Å². The average Bonchev–Trinajstić information content (AvgIpc) is 3.33. The number of amides is 1. The first-order valence-electron chi connectivity index (χ1n) is 7.67. The molecule has 5 nitrogen and oxygen atoms in total. The molecule has 1 saturated carbocycles. The van der Waals surface area contributed by atoms with E-state index in [0.717, 1.165) is 18.4 Å². The van der Waals surface area contributed by atoms with E-state index in [1.54, 1.807) is 12.1 Å². The van der Waals surface area contributed by atoms with E-state index in [1.165, 1.54) is 18.3 Å². The van der Waals surface area contributed by atoms with Crippen LogP contribution in [-0.2, 0) is 0 Å². The lowest BCUT2D eigenvalue weighted by Gasteiger charge is -2.10. The van der Waals surface area contributed by atoms with E-state index in [-0.39, 0.29) is 22.8 Å². The first-order valence-corrected chi connectivity index (χ1v) is 7.67.